The van der Waals surface area contributed by atoms with Gasteiger partial charge in [0.25, 0.3) is 0 Å². The summed E-state index contributed by atoms with van der Waals surface area (Å²) in [5, 5.41) is 20.7. The van der Waals surface area contributed by atoms with Crippen LogP contribution in [0, 0.1) is 0 Å². The predicted molar refractivity (Wildman–Crippen MR) is 72.5 cm³/mol. The van der Waals surface area contributed by atoms with E-state index in [4.69, 9.17) is 14.9 Å². The van der Waals surface area contributed by atoms with Crippen LogP contribution in [0.1, 0.15) is 19.4 Å². The lowest BCUT2D eigenvalue weighted by Crippen LogP contribution is -2.44. The number of aromatic hydroxyl groups is 1. The van der Waals surface area contributed by atoms with Crippen molar-refractivity contribution in [1.82, 2.24) is 5.32 Å². The molecule has 110 valence electrons. The molecule has 0 saturated heterocycles. The second-order valence-electron chi connectivity index (χ2n) is 4.69. The number of rotatable bonds is 7. The van der Waals surface area contributed by atoms with Crippen LogP contribution < -0.4 is 5.32 Å². The SMILES string of the molecule is CC(C)OCC(=O)N[C@H](Cc1ccc(O)cc1)C(=O)O. The Bertz CT molecular complexity index is 455. The lowest BCUT2D eigenvalue weighted by atomic mass is 10.1. The molecule has 20 heavy (non-hydrogen) atoms. The maximum absolute atomic E-state index is 11.6. The van der Waals surface area contributed by atoms with Crippen molar-refractivity contribution in [3.8, 4) is 5.75 Å². The predicted octanol–water partition coefficient (Wildman–Crippen LogP) is 0.929. The van der Waals surface area contributed by atoms with E-state index < -0.39 is 17.9 Å². The summed E-state index contributed by atoms with van der Waals surface area (Å²) in [5.74, 6) is -1.48. The second kappa shape index (κ2) is 7.49. The molecule has 1 atom stereocenters. The molecule has 1 rings (SSSR count). The minimum absolute atomic E-state index is 0.0962. The highest BCUT2D eigenvalue weighted by molar-refractivity contribution is 5.84. The Morgan fingerprint density at radius 1 is 1.25 bits per heavy atom. The third kappa shape index (κ3) is 5.71. The zero-order valence-electron chi connectivity index (χ0n) is 11.5. The van der Waals surface area contributed by atoms with Gasteiger partial charge in [-0.15, -0.1) is 0 Å². The minimum Gasteiger partial charge on any atom is -0.508 e. The molecule has 0 aliphatic rings. The van der Waals surface area contributed by atoms with Crippen molar-refractivity contribution in [2.24, 2.45) is 0 Å². The van der Waals surface area contributed by atoms with Crippen molar-refractivity contribution >= 4 is 11.9 Å². The van der Waals surface area contributed by atoms with E-state index in [0.29, 0.717) is 5.56 Å². The Morgan fingerprint density at radius 3 is 2.35 bits per heavy atom. The van der Waals surface area contributed by atoms with Crippen molar-refractivity contribution in [2.45, 2.75) is 32.4 Å². The van der Waals surface area contributed by atoms with Crippen LogP contribution in [-0.2, 0) is 20.7 Å². The van der Waals surface area contributed by atoms with Gasteiger partial charge in [0, 0.05) is 6.42 Å². The van der Waals surface area contributed by atoms with E-state index in [2.05, 4.69) is 5.32 Å². The fraction of sp³-hybridized carbons (Fsp3) is 0.429. The number of aliphatic carboxylic acids is 1. The molecular weight excluding hydrogens is 262 g/mol. The Kier molecular flexibility index (Phi) is 5.99. The van der Waals surface area contributed by atoms with E-state index >= 15 is 0 Å². The maximum atomic E-state index is 11.6. The zero-order chi connectivity index (χ0) is 15.1. The normalized spacial score (nSPS) is 12.2. The van der Waals surface area contributed by atoms with Crippen LogP contribution in [0.3, 0.4) is 0 Å². The van der Waals surface area contributed by atoms with Crippen LogP contribution in [0.5, 0.6) is 5.75 Å². The highest BCUT2D eigenvalue weighted by Gasteiger charge is 2.20. The van der Waals surface area contributed by atoms with E-state index in [0.717, 1.165) is 0 Å². The zero-order valence-corrected chi connectivity index (χ0v) is 11.5. The molecule has 6 heteroatoms. The van der Waals surface area contributed by atoms with Crippen LogP contribution in [0.25, 0.3) is 0 Å². The largest absolute Gasteiger partial charge is 0.508 e. The van der Waals surface area contributed by atoms with Crippen LogP contribution in [0.2, 0.25) is 0 Å². The van der Waals surface area contributed by atoms with E-state index in [1.807, 2.05) is 0 Å². The van der Waals surface area contributed by atoms with Crippen molar-refractivity contribution in [3.63, 3.8) is 0 Å². The number of carbonyl (C=O) groups is 2. The molecule has 0 bridgehead atoms. The molecule has 1 aromatic rings. The summed E-state index contributed by atoms with van der Waals surface area (Å²) < 4.78 is 5.11. The number of carboxylic acid groups (broad SMARTS) is 1. The molecule has 1 amide bonds. The summed E-state index contributed by atoms with van der Waals surface area (Å²) >= 11 is 0. The van der Waals surface area contributed by atoms with Crippen LogP contribution in [0.15, 0.2) is 24.3 Å². The van der Waals surface area contributed by atoms with Gasteiger partial charge in [-0.25, -0.2) is 4.79 Å². The fourth-order valence-electron chi connectivity index (χ4n) is 1.55. The number of carbonyl (C=O) groups excluding carboxylic acids is 1. The molecule has 1 aromatic carbocycles. The Hall–Kier alpha value is -2.08. The first kappa shape index (κ1) is 16.0. The Balaban J connectivity index is 2.58. The van der Waals surface area contributed by atoms with E-state index in [1.54, 1.807) is 26.0 Å². The van der Waals surface area contributed by atoms with Crippen molar-refractivity contribution in [2.75, 3.05) is 6.61 Å². The van der Waals surface area contributed by atoms with Gasteiger partial charge >= 0.3 is 5.97 Å². The minimum atomic E-state index is -1.11. The summed E-state index contributed by atoms with van der Waals surface area (Å²) in [6.07, 6.45) is 0.0457. The number of amides is 1. The van der Waals surface area contributed by atoms with Gasteiger partial charge in [0.15, 0.2) is 0 Å². The summed E-state index contributed by atoms with van der Waals surface area (Å²) in [7, 11) is 0. The first-order valence-electron chi connectivity index (χ1n) is 6.30. The van der Waals surface area contributed by atoms with Gasteiger partial charge in [0.1, 0.15) is 18.4 Å². The maximum Gasteiger partial charge on any atom is 0.326 e. The number of carboxylic acids is 1. The standard InChI is InChI=1S/C14H19NO5/c1-9(2)20-8-13(17)15-12(14(18)19)7-10-3-5-11(16)6-4-10/h3-6,9,12,16H,7-8H2,1-2H3,(H,15,17)(H,18,19)/t12-/m1/s1. The number of benzene rings is 1. The highest BCUT2D eigenvalue weighted by Crippen LogP contribution is 2.11. The number of phenolic OH excluding ortho intramolecular Hbond substituents is 1. The highest BCUT2D eigenvalue weighted by atomic mass is 16.5. The summed E-state index contributed by atoms with van der Waals surface area (Å²) in [4.78, 5) is 22.7. The van der Waals surface area contributed by atoms with Gasteiger partial charge < -0.3 is 20.3 Å². The molecule has 0 heterocycles. The average molecular weight is 281 g/mol. The third-order valence-electron chi connectivity index (χ3n) is 2.56. The van der Waals surface area contributed by atoms with E-state index in [1.165, 1.54) is 12.1 Å². The van der Waals surface area contributed by atoms with Crippen LogP contribution >= 0.6 is 0 Å². The molecule has 0 aliphatic carbocycles. The van der Waals surface area contributed by atoms with E-state index in [-0.39, 0.29) is 24.9 Å². The molecular formula is C14H19NO5. The lowest BCUT2D eigenvalue weighted by molar-refractivity contribution is -0.142. The quantitative estimate of drug-likeness (QED) is 0.691. The Morgan fingerprint density at radius 2 is 1.85 bits per heavy atom. The van der Waals surface area contributed by atoms with Crippen molar-refractivity contribution < 1.29 is 24.5 Å². The molecule has 0 radical (unpaired) electrons. The lowest BCUT2D eigenvalue weighted by Gasteiger charge is -2.15. The molecule has 0 spiro atoms. The van der Waals surface area contributed by atoms with Gasteiger partial charge in [-0.3, -0.25) is 4.79 Å². The number of hydrogen-bond acceptors (Lipinski definition) is 4. The average Bonchev–Trinajstić information content (AvgIpc) is 2.38. The number of hydrogen-bond donors (Lipinski definition) is 3. The number of ether oxygens (including phenoxy) is 1. The second-order valence-corrected chi connectivity index (χ2v) is 4.69. The van der Waals surface area contributed by atoms with Gasteiger partial charge in [-0.05, 0) is 31.5 Å². The summed E-state index contributed by atoms with van der Waals surface area (Å²) in [6, 6.07) is 5.14. The first-order chi connectivity index (χ1) is 9.38. The molecule has 0 unspecified atom stereocenters. The van der Waals surface area contributed by atoms with Crippen LogP contribution in [-0.4, -0.2) is 40.8 Å². The third-order valence-corrected chi connectivity index (χ3v) is 2.56. The summed E-state index contributed by atoms with van der Waals surface area (Å²) in [5.41, 5.74) is 0.709. The summed E-state index contributed by atoms with van der Waals surface area (Å²) in [6.45, 7) is 3.41. The smallest absolute Gasteiger partial charge is 0.326 e. The molecule has 0 fully saturated rings. The molecule has 6 nitrogen and oxygen atoms in total. The van der Waals surface area contributed by atoms with Crippen molar-refractivity contribution in [1.29, 1.82) is 0 Å². The topological polar surface area (TPSA) is 95.9 Å². The molecule has 3 N–H and O–H groups in total. The first-order valence-corrected chi connectivity index (χ1v) is 6.30. The molecule has 0 aliphatic heterocycles. The van der Waals surface area contributed by atoms with Gasteiger partial charge in [0.2, 0.25) is 5.91 Å². The van der Waals surface area contributed by atoms with Gasteiger partial charge in [0.05, 0.1) is 6.10 Å². The monoisotopic (exact) mass is 281 g/mol. The van der Waals surface area contributed by atoms with Gasteiger partial charge in [-0.1, -0.05) is 12.1 Å². The Labute approximate surface area is 117 Å². The number of nitrogens with one attached hydrogen (secondary N) is 1. The number of phenols is 1. The fourth-order valence-corrected chi connectivity index (χ4v) is 1.55. The molecule has 0 saturated carbocycles. The molecule has 0 aromatic heterocycles. The van der Waals surface area contributed by atoms with E-state index in [9.17, 15) is 9.59 Å². The van der Waals surface area contributed by atoms with Crippen LogP contribution in [0.4, 0.5) is 0 Å². The van der Waals surface area contributed by atoms with Crippen molar-refractivity contribution in [3.05, 3.63) is 29.8 Å². The van der Waals surface area contributed by atoms with Gasteiger partial charge in [-0.2, -0.15) is 0 Å².